The van der Waals surface area contributed by atoms with E-state index in [1.54, 1.807) is 6.92 Å². The number of hydrogen-bond acceptors (Lipinski definition) is 3. The van der Waals surface area contributed by atoms with E-state index in [1.807, 2.05) is 0 Å². The molecule has 6 fully saturated rings. The summed E-state index contributed by atoms with van der Waals surface area (Å²) in [4.78, 5) is 14.5. The van der Waals surface area contributed by atoms with Crippen LogP contribution in [0.15, 0.2) is 0 Å². The highest BCUT2D eigenvalue weighted by Gasteiger charge is 2.67. The summed E-state index contributed by atoms with van der Waals surface area (Å²) in [7, 11) is 0. The number of amides is 1. The number of hydrogen-bond donors (Lipinski definition) is 2. The normalized spacial score (nSPS) is 57.9. The van der Waals surface area contributed by atoms with E-state index in [0.717, 1.165) is 36.0 Å². The molecule has 33 heavy (non-hydrogen) atoms. The SMILES string of the molecule is CC(=O)NC1CCC2(C)C(CCC3C2CCC2(C)C3CC3C2C(C)C2C(O)CC(C)CN32)C1. The van der Waals surface area contributed by atoms with E-state index in [0.29, 0.717) is 40.8 Å². The van der Waals surface area contributed by atoms with Crippen molar-refractivity contribution < 1.29 is 9.90 Å². The van der Waals surface area contributed by atoms with E-state index in [9.17, 15) is 9.90 Å². The fourth-order valence-electron chi connectivity index (χ4n) is 11.6. The molecule has 13 atom stereocenters. The number of nitrogens with zero attached hydrogens (tertiary/aromatic N) is 1. The van der Waals surface area contributed by atoms with Gasteiger partial charge in [0.05, 0.1) is 6.10 Å². The van der Waals surface area contributed by atoms with Gasteiger partial charge in [-0.05, 0) is 110 Å². The second kappa shape index (κ2) is 7.69. The minimum Gasteiger partial charge on any atom is -0.391 e. The Bertz CT molecular complexity index is 800. The molecule has 186 valence electrons. The van der Waals surface area contributed by atoms with Crippen molar-refractivity contribution in [3.05, 3.63) is 0 Å². The zero-order valence-electron chi connectivity index (χ0n) is 21.7. The van der Waals surface area contributed by atoms with Crippen LogP contribution >= 0.6 is 0 Å². The van der Waals surface area contributed by atoms with Crippen LogP contribution in [0.25, 0.3) is 0 Å². The van der Waals surface area contributed by atoms with E-state index in [4.69, 9.17) is 0 Å². The first-order valence-electron chi connectivity index (χ1n) is 14.3. The Hall–Kier alpha value is -0.610. The van der Waals surface area contributed by atoms with Gasteiger partial charge in [0.25, 0.3) is 0 Å². The molecule has 2 aliphatic heterocycles. The molecule has 13 unspecified atom stereocenters. The van der Waals surface area contributed by atoms with Gasteiger partial charge in [-0.25, -0.2) is 0 Å². The average molecular weight is 457 g/mol. The van der Waals surface area contributed by atoms with Gasteiger partial charge in [0, 0.05) is 31.6 Å². The maximum Gasteiger partial charge on any atom is 0.217 e. The van der Waals surface area contributed by atoms with Crippen molar-refractivity contribution in [3.8, 4) is 0 Å². The maximum absolute atomic E-state index is 11.7. The summed E-state index contributed by atoms with van der Waals surface area (Å²) in [6.07, 6.45) is 11.5. The molecule has 4 aliphatic carbocycles. The molecule has 0 spiro atoms. The summed E-state index contributed by atoms with van der Waals surface area (Å²) in [6.45, 7) is 13.0. The third-order valence-electron chi connectivity index (χ3n) is 12.7. The molecular weight excluding hydrogens is 408 g/mol. The van der Waals surface area contributed by atoms with Gasteiger partial charge >= 0.3 is 0 Å². The van der Waals surface area contributed by atoms with Crippen LogP contribution in [0.3, 0.4) is 0 Å². The fraction of sp³-hybridized carbons (Fsp3) is 0.966. The van der Waals surface area contributed by atoms with Crippen molar-refractivity contribution in [2.45, 2.75) is 117 Å². The number of aliphatic hydroxyl groups is 1. The maximum atomic E-state index is 11.7. The summed E-state index contributed by atoms with van der Waals surface area (Å²) < 4.78 is 0. The Kier molecular flexibility index (Phi) is 5.32. The third kappa shape index (κ3) is 3.18. The van der Waals surface area contributed by atoms with Gasteiger partial charge in [-0.3, -0.25) is 9.69 Å². The molecule has 0 aromatic rings. The predicted molar refractivity (Wildman–Crippen MR) is 131 cm³/mol. The second-order valence-electron chi connectivity index (χ2n) is 14.2. The highest BCUT2D eigenvalue weighted by atomic mass is 16.3. The summed E-state index contributed by atoms with van der Waals surface area (Å²) in [5.41, 5.74) is 0.934. The second-order valence-corrected chi connectivity index (χ2v) is 14.2. The van der Waals surface area contributed by atoms with Crippen molar-refractivity contribution in [2.75, 3.05) is 6.54 Å². The fourth-order valence-corrected chi connectivity index (χ4v) is 11.6. The van der Waals surface area contributed by atoms with E-state index >= 15 is 0 Å². The van der Waals surface area contributed by atoms with Gasteiger partial charge in [-0.1, -0.05) is 27.7 Å². The number of fused-ring (bicyclic) bond motifs is 9. The number of carbonyl (C=O) groups excluding carboxylic acids is 1. The Balaban J connectivity index is 1.25. The van der Waals surface area contributed by atoms with Gasteiger partial charge in [0.1, 0.15) is 0 Å². The first-order valence-corrected chi connectivity index (χ1v) is 14.3. The van der Waals surface area contributed by atoms with Crippen LogP contribution in [0.1, 0.15) is 92.4 Å². The van der Waals surface area contributed by atoms with Gasteiger partial charge < -0.3 is 10.4 Å². The van der Waals surface area contributed by atoms with Crippen molar-refractivity contribution in [1.29, 1.82) is 0 Å². The zero-order valence-corrected chi connectivity index (χ0v) is 21.7. The molecule has 4 nitrogen and oxygen atoms in total. The number of carbonyl (C=O) groups is 1. The van der Waals surface area contributed by atoms with E-state index < -0.39 is 0 Å². The Labute approximate surface area is 201 Å². The predicted octanol–water partition coefficient (Wildman–Crippen LogP) is 4.85. The molecule has 6 aliphatic rings. The van der Waals surface area contributed by atoms with Crippen molar-refractivity contribution >= 4 is 5.91 Å². The molecular formula is C29H48N2O2. The minimum absolute atomic E-state index is 0.124. The topological polar surface area (TPSA) is 52.6 Å². The lowest BCUT2D eigenvalue weighted by atomic mass is 9.44. The first kappa shape index (κ1) is 22.8. The summed E-state index contributed by atoms with van der Waals surface area (Å²) in [6, 6.07) is 1.52. The van der Waals surface area contributed by atoms with Crippen LogP contribution in [-0.4, -0.2) is 46.7 Å². The van der Waals surface area contributed by atoms with E-state index in [-0.39, 0.29) is 12.0 Å². The molecule has 2 saturated heterocycles. The molecule has 6 rings (SSSR count). The molecule has 4 heteroatoms. The van der Waals surface area contributed by atoms with Crippen LogP contribution < -0.4 is 5.32 Å². The molecule has 2 heterocycles. The summed E-state index contributed by atoms with van der Waals surface area (Å²) in [5, 5.41) is 14.3. The highest BCUT2D eigenvalue weighted by molar-refractivity contribution is 5.73. The number of piperidine rings is 1. The zero-order chi connectivity index (χ0) is 23.3. The van der Waals surface area contributed by atoms with Gasteiger partial charge in [0.2, 0.25) is 5.91 Å². The smallest absolute Gasteiger partial charge is 0.217 e. The summed E-state index contributed by atoms with van der Waals surface area (Å²) in [5.74, 6) is 5.60. The van der Waals surface area contributed by atoms with Crippen LogP contribution in [-0.2, 0) is 4.79 Å². The molecule has 0 aromatic carbocycles. The van der Waals surface area contributed by atoms with Gasteiger partial charge in [-0.15, -0.1) is 0 Å². The Morgan fingerprint density at radius 1 is 0.970 bits per heavy atom. The summed E-state index contributed by atoms with van der Waals surface area (Å²) >= 11 is 0. The number of rotatable bonds is 1. The molecule has 2 N–H and O–H groups in total. The molecule has 1 amide bonds. The average Bonchev–Trinajstić information content (AvgIpc) is 3.20. The quantitative estimate of drug-likeness (QED) is 0.593. The van der Waals surface area contributed by atoms with Crippen LogP contribution in [0, 0.1) is 52.3 Å². The number of aliphatic hydroxyl groups excluding tert-OH is 1. The van der Waals surface area contributed by atoms with Crippen LogP contribution in [0.4, 0.5) is 0 Å². The van der Waals surface area contributed by atoms with Crippen molar-refractivity contribution in [1.82, 2.24) is 10.2 Å². The monoisotopic (exact) mass is 456 g/mol. The molecule has 0 radical (unpaired) electrons. The van der Waals surface area contributed by atoms with Crippen LogP contribution in [0.5, 0.6) is 0 Å². The molecule has 4 saturated carbocycles. The number of nitrogens with one attached hydrogen (secondary N) is 1. The van der Waals surface area contributed by atoms with Gasteiger partial charge in [0.15, 0.2) is 0 Å². The lowest BCUT2D eigenvalue weighted by Gasteiger charge is -2.61. The lowest BCUT2D eigenvalue weighted by molar-refractivity contribution is -0.127. The highest BCUT2D eigenvalue weighted by Crippen LogP contribution is 2.70. The van der Waals surface area contributed by atoms with E-state index in [1.165, 1.54) is 57.9 Å². The lowest BCUT2D eigenvalue weighted by Crippen LogP contribution is -2.56. The van der Waals surface area contributed by atoms with Crippen LogP contribution in [0.2, 0.25) is 0 Å². The Morgan fingerprint density at radius 3 is 2.48 bits per heavy atom. The standard InChI is InChI=1S/C29H48N2O2/c1-16-12-25(33)27-17(2)26-24(31(27)15-16)14-23-21-7-6-19-13-20(30-18(3)32)8-10-28(19,4)22(21)9-11-29(23,26)5/h16-17,19-27,33H,6-15H2,1-5H3,(H,30,32). The largest absolute Gasteiger partial charge is 0.391 e. The first-order chi connectivity index (χ1) is 15.6. The van der Waals surface area contributed by atoms with Crippen molar-refractivity contribution in [2.24, 2.45) is 52.3 Å². The third-order valence-corrected chi connectivity index (χ3v) is 12.7. The minimum atomic E-state index is -0.124. The Morgan fingerprint density at radius 2 is 1.73 bits per heavy atom. The van der Waals surface area contributed by atoms with E-state index in [2.05, 4.69) is 37.9 Å². The van der Waals surface area contributed by atoms with Crippen molar-refractivity contribution in [3.63, 3.8) is 0 Å². The van der Waals surface area contributed by atoms with Gasteiger partial charge in [-0.2, -0.15) is 0 Å². The molecule has 0 aromatic heterocycles. The molecule has 0 bridgehead atoms.